The van der Waals surface area contributed by atoms with Crippen LogP contribution in [0.2, 0.25) is 0 Å². The number of amidine groups is 1. The first-order chi connectivity index (χ1) is 12.6. The van der Waals surface area contributed by atoms with Crippen LogP contribution < -0.4 is 19.5 Å². The molecule has 0 unspecified atom stereocenters. The van der Waals surface area contributed by atoms with E-state index in [1.165, 1.54) is 0 Å². The maximum atomic E-state index is 12.3. The van der Waals surface area contributed by atoms with Crippen molar-refractivity contribution in [2.24, 2.45) is 4.99 Å². The van der Waals surface area contributed by atoms with Gasteiger partial charge >= 0.3 is 0 Å². The molecule has 0 radical (unpaired) electrons. The molecule has 0 saturated heterocycles. The van der Waals surface area contributed by atoms with Crippen molar-refractivity contribution in [3.63, 3.8) is 0 Å². The molecule has 2 aromatic rings. The van der Waals surface area contributed by atoms with Crippen molar-refractivity contribution in [3.05, 3.63) is 59.3 Å². The lowest BCUT2D eigenvalue weighted by molar-refractivity contribution is -0.115. The van der Waals surface area contributed by atoms with Gasteiger partial charge in [0.2, 0.25) is 0 Å². The average Bonchev–Trinajstić information content (AvgIpc) is 3.03. The molecule has 6 nitrogen and oxygen atoms in total. The van der Waals surface area contributed by atoms with Gasteiger partial charge in [-0.05, 0) is 42.8 Å². The van der Waals surface area contributed by atoms with Crippen molar-refractivity contribution in [1.29, 1.82) is 0 Å². The number of hydrogen-bond donors (Lipinski definition) is 1. The summed E-state index contributed by atoms with van der Waals surface area (Å²) in [5, 5.41) is 2.78. The first-order valence-electron chi connectivity index (χ1n) is 8.21. The lowest BCUT2D eigenvalue weighted by Gasteiger charge is -2.08. The van der Waals surface area contributed by atoms with Crippen LogP contribution >= 0.6 is 0 Å². The predicted octanol–water partition coefficient (Wildman–Crippen LogP) is 3.02. The highest BCUT2D eigenvalue weighted by Crippen LogP contribution is 2.25. The predicted molar refractivity (Wildman–Crippen MR) is 99.8 cm³/mol. The SMILES string of the molecule is CCOc1ccc(/C=C2/N=C(c3cc(OC)cc(OC)c3)NC2=O)cc1. The zero-order chi connectivity index (χ0) is 18.5. The van der Waals surface area contributed by atoms with Gasteiger partial charge in [-0.1, -0.05) is 12.1 Å². The van der Waals surface area contributed by atoms with E-state index in [1.807, 2.05) is 31.2 Å². The molecule has 2 aromatic carbocycles. The molecule has 1 aliphatic heterocycles. The Balaban J connectivity index is 1.89. The van der Waals surface area contributed by atoms with Crippen LogP contribution in [0, 0.1) is 0 Å². The third kappa shape index (κ3) is 3.85. The number of rotatable bonds is 6. The molecule has 0 atom stereocenters. The van der Waals surface area contributed by atoms with E-state index in [2.05, 4.69) is 10.3 Å². The van der Waals surface area contributed by atoms with Crippen molar-refractivity contribution < 1.29 is 19.0 Å². The number of methoxy groups -OCH3 is 2. The Kier molecular flexibility index (Phi) is 5.22. The quantitative estimate of drug-likeness (QED) is 0.812. The summed E-state index contributed by atoms with van der Waals surface area (Å²) >= 11 is 0. The average molecular weight is 352 g/mol. The number of amides is 1. The van der Waals surface area contributed by atoms with Crippen molar-refractivity contribution in [2.45, 2.75) is 6.92 Å². The molecule has 1 heterocycles. The largest absolute Gasteiger partial charge is 0.497 e. The van der Waals surface area contributed by atoms with E-state index in [0.29, 0.717) is 35.2 Å². The van der Waals surface area contributed by atoms with E-state index >= 15 is 0 Å². The number of aliphatic imine (C=N–C) groups is 1. The van der Waals surface area contributed by atoms with Crippen LogP contribution in [-0.2, 0) is 4.79 Å². The number of carbonyl (C=O) groups excluding carboxylic acids is 1. The zero-order valence-electron chi connectivity index (χ0n) is 14.9. The third-order valence-corrected chi connectivity index (χ3v) is 3.82. The standard InChI is InChI=1S/C20H20N2O4/c1-4-26-15-7-5-13(6-8-15)9-18-20(23)22-19(21-18)14-10-16(24-2)12-17(11-14)25-3/h5-12H,4H2,1-3H3,(H,21,22,23)/b18-9+. The maximum absolute atomic E-state index is 12.3. The summed E-state index contributed by atoms with van der Waals surface area (Å²) in [6.07, 6.45) is 1.73. The van der Waals surface area contributed by atoms with E-state index in [0.717, 1.165) is 11.3 Å². The fourth-order valence-electron chi connectivity index (χ4n) is 2.53. The Morgan fingerprint density at radius 1 is 1.00 bits per heavy atom. The van der Waals surface area contributed by atoms with E-state index in [-0.39, 0.29) is 5.91 Å². The minimum atomic E-state index is -0.254. The number of hydrogen-bond acceptors (Lipinski definition) is 5. The first-order valence-corrected chi connectivity index (χ1v) is 8.21. The Hall–Kier alpha value is -3.28. The highest BCUT2D eigenvalue weighted by Gasteiger charge is 2.22. The van der Waals surface area contributed by atoms with Crippen LogP contribution in [0.1, 0.15) is 18.1 Å². The van der Waals surface area contributed by atoms with Crippen LogP contribution in [0.4, 0.5) is 0 Å². The van der Waals surface area contributed by atoms with Crippen molar-refractivity contribution in [2.75, 3.05) is 20.8 Å². The zero-order valence-corrected chi connectivity index (χ0v) is 14.9. The van der Waals surface area contributed by atoms with Gasteiger partial charge in [0.15, 0.2) is 0 Å². The number of nitrogens with one attached hydrogen (secondary N) is 1. The molecule has 134 valence electrons. The fourth-order valence-corrected chi connectivity index (χ4v) is 2.53. The van der Waals surface area contributed by atoms with E-state index < -0.39 is 0 Å². The maximum Gasteiger partial charge on any atom is 0.275 e. The molecule has 0 spiro atoms. The van der Waals surface area contributed by atoms with Gasteiger partial charge in [0, 0.05) is 11.6 Å². The van der Waals surface area contributed by atoms with Crippen molar-refractivity contribution in [3.8, 4) is 17.2 Å². The summed E-state index contributed by atoms with van der Waals surface area (Å²) < 4.78 is 15.9. The highest BCUT2D eigenvalue weighted by molar-refractivity contribution is 6.20. The molecule has 0 saturated carbocycles. The summed E-state index contributed by atoms with van der Waals surface area (Å²) in [7, 11) is 3.15. The van der Waals surface area contributed by atoms with E-state index in [9.17, 15) is 4.79 Å². The van der Waals surface area contributed by atoms with E-state index in [1.54, 1.807) is 38.5 Å². The number of nitrogens with zero attached hydrogens (tertiary/aromatic N) is 1. The molecule has 3 rings (SSSR count). The molecule has 0 aliphatic carbocycles. The minimum Gasteiger partial charge on any atom is -0.497 e. The van der Waals surface area contributed by atoms with Crippen LogP contribution in [-0.4, -0.2) is 32.6 Å². The molecular weight excluding hydrogens is 332 g/mol. The van der Waals surface area contributed by atoms with Crippen molar-refractivity contribution >= 4 is 17.8 Å². The van der Waals surface area contributed by atoms with E-state index in [4.69, 9.17) is 14.2 Å². The molecule has 1 N–H and O–H groups in total. The summed E-state index contributed by atoms with van der Waals surface area (Å²) in [5.74, 6) is 2.25. The lowest BCUT2D eigenvalue weighted by atomic mass is 10.2. The summed E-state index contributed by atoms with van der Waals surface area (Å²) in [6, 6.07) is 12.8. The van der Waals surface area contributed by atoms with Crippen LogP contribution in [0.25, 0.3) is 6.08 Å². The Morgan fingerprint density at radius 2 is 1.65 bits per heavy atom. The monoisotopic (exact) mass is 352 g/mol. The van der Waals surface area contributed by atoms with Gasteiger partial charge in [0.25, 0.3) is 5.91 Å². The van der Waals surface area contributed by atoms with Gasteiger partial charge in [0.1, 0.15) is 28.8 Å². The third-order valence-electron chi connectivity index (χ3n) is 3.82. The summed E-state index contributed by atoms with van der Waals surface area (Å²) in [5.41, 5.74) is 1.92. The smallest absolute Gasteiger partial charge is 0.275 e. The van der Waals surface area contributed by atoms with Gasteiger partial charge in [-0.15, -0.1) is 0 Å². The molecule has 1 amide bonds. The summed E-state index contributed by atoms with van der Waals surface area (Å²) in [6.45, 7) is 2.54. The van der Waals surface area contributed by atoms with Gasteiger partial charge in [-0.3, -0.25) is 4.79 Å². The Morgan fingerprint density at radius 3 is 2.23 bits per heavy atom. The molecule has 26 heavy (non-hydrogen) atoms. The second-order valence-corrected chi connectivity index (χ2v) is 5.55. The molecular formula is C20H20N2O4. The highest BCUT2D eigenvalue weighted by atomic mass is 16.5. The normalized spacial score (nSPS) is 14.8. The fraction of sp³-hybridized carbons (Fsp3) is 0.200. The van der Waals surface area contributed by atoms with Crippen molar-refractivity contribution in [1.82, 2.24) is 5.32 Å². The Bertz CT molecular complexity index is 848. The molecule has 0 fully saturated rings. The molecule has 0 bridgehead atoms. The lowest BCUT2D eigenvalue weighted by Crippen LogP contribution is -2.24. The number of benzene rings is 2. The number of carbonyl (C=O) groups is 1. The van der Waals surface area contributed by atoms with Gasteiger partial charge < -0.3 is 19.5 Å². The molecule has 6 heteroatoms. The topological polar surface area (TPSA) is 69.2 Å². The van der Waals surface area contributed by atoms with Crippen LogP contribution in [0.5, 0.6) is 17.2 Å². The second-order valence-electron chi connectivity index (χ2n) is 5.55. The van der Waals surface area contributed by atoms with Gasteiger partial charge in [0.05, 0.1) is 20.8 Å². The van der Waals surface area contributed by atoms with Gasteiger partial charge in [-0.2, -0.15) is 0 Å². The number of ether oxygens (including phenoxy) is 3. The molecule has 1 aliphatic rings. The second kappa shape index (κ2) is 7.74. The summed E-state index contributed by atoms with van der Waals surface area (Å²) in [4.78, 5) is 16.7. The van der Waals surface area contributed by atoms with Crippen LogP contribution in [0.15, 0.2) is 53.2 Å². The van der Waals surface area contributed by atoms with Gasteiger partial charge in [-0.25, -0.2) is 4.99 Å². The first kappa shape index (κ1) is 17.5. The van der Waals surface area contributed by atoms with Crippen LogP contribution in [0.3, 0.4) is 0 Å². The minimum absolute atomic E-state index is 0.254. The molecule has 0 aromatic heterocycles. The Labute approximate surface area is 152 Å².